The van der Waals surface area contributed by atoms with Crippen LogP contribution in [0.25, 0.3) is 0 Å². The van der Waals surface area contributed by atoms with Crippen molar-refractivity contribution in [1.29, 1.82) is 0 Å². The minimum atomic E-state index is 0.0272. The van der Waals surface area contributed by atoms with Crippen molar-refractivity contribution in [2.45, 2.75) is 20.4 Å². The first-order valence-corrected chi connectivity index (χ1v) is 8.64. The van der Waals surface area contributed by atoms with Gasteiger partial charge in [0.05, 0.1) is 7.11 Å². The lowest BCUT2D eigenvalue weighted by Crippen LogP contribution is -2.06. The zero-order valence-corrected chi connectivity index (χ0v) is 15.6. The lowest BCUT2D eigenvalue weighted by molar-refractivity contribution is 0.101. The molecular weight excluding hydrogens is 340 g/mol. The van der Waals surface area contributed by atoms with Crippen LogP contribution in [0, 0.1) is 6.92 Å². The number of rotatable bonds is 7. The van der Waals surface area contributed by atoms with Gasteiger partial charge in [0.2, 0.25) is 5.95 Å². The Labute approximate surface area is 158 Å². The molecule has 0 radical (unpaired) electrons. The summed E-state index contributed by atoms with van der Waals surface area (Å²) in [6.07, 6.45) is 0. The van der Waals surface area contributed by atoms with Gasteiger partial charge in [-0.2, -0.15) is 4.98 Å². The Morgan fingerprint density at radius 3 is 2.56 bits per heavy atom. The number of anilines is 3. The molecule has 2 aromatic carbocycles. The second-order valence-corrected chi connectivity index (χ2v) is 6.18. The van der Waals surface area contributed by atoms with E-state index in [1.165, 1.54) is 0 Å². The molecule has 1 heterocycles. The van der Waals surface area contributed by atoms with Gasteiger partial charge in [-0.1, -0.05) is 24.3 Å². The van der Waals surface area contributed by atoms with E-state index in [2.05, 4.69) is 20.6 Å². The molecule has 6 heteroatoms. The summed E-state index contributed by atoms with van der Waals surface area (Å²) in [7, 11) is 1.65. The normalized spacial score (nSPS) is 10.3. The highest BCUT2D eigenvalue weighted by Crippen LogP contribution is 2.19. The van der Waals surface area contributed by atoms with Crippen molar-refractivity contribution in [3.63, 3.8) is 0 Å². The van der Waals surface area contributed by atoms with Crippen LogP contribution in [0.5, 0.6) is 5.75 Å². The highest BCUT2D eigenvalue weighted by molar-refractivity contribution is 5.95. The molecule has 0 saturated heterocycles. The van der Waals surface area contributed by atoms with Gasteiger partial charge >= 0.3 is 0 Å². The summed E-state index contributed by atoms with van der Waals surface area (Å²) in [6.45, 7) is 4.07. The van der Waals surface area contributed by atoms with Crippen LogP contribution in [0.15, 0.2) is 54.6 Å². The molecule has 0 spiro atoms. The Morgan fingerprint density at radius 1 is 1.07 bits per heavy atom. The maximum absolute atomic E-state index is 11.5. The predicted molar refractivity (Wildman–Crippen MR) is 107 cm³/mol. The largest absolute Gasteiger partial charge is 0.497 e. The molecule has 0 aliphatic heterocycles. The van der Waals surface area contributed by atoms with E-state index in [-0.39, 0.29) is 5.78 Å². The monoisotopic (exact) mass is 362 g/mol. The van der Waals surface area contributed by atoms with Crippen molar-refractivity contribution in [1.82, 2.24) is 9.97 Å². The molecule has 138 valence electrons. The number of ketones is 1. The lowest BCUT2D eigenvalue weighted by Gasteiger charge is -2.11. The molecule has 2 N–H and O–H groups in total. The van der Waals surface area contributed by atoms with Crippen molar-refractivity contribution >= 4 is 23.2 Å². The molecule has 3 rings (SSSR count). The van der Waals surface area contributed by atoms with E-state index >= 15 is 0 Å². The van der Waals surface area contributed by atoms with E-state index in [4.69, 9.17) is 4.74 Å². The van der Waals surface area contributed by atoms with Crippen LogP contribution in [-0.2, 0) is 6.54 Å². The zero-order valence-electron chi connectivity index (χ0n) is 15.6. The van der Waals surface area contributed by atoms with Gasteiger partial charge in [-0.15, -0.1) is 0 Å². The first-order valence-electron chi connectivity index (χ1n) is 8.64. The average Bonchev–Trinajstić information content (AvgIpc) is 2.66. The maximum Gasteiger partial charge on any atom is 0.225 e. The third-order valence-electron chi connectivity index (χ3n) is 4.01. The Hall–Kier alpha value is -3.41. The van der Waals surface area contributed by atoms with Gasteiger partial charge in [0.15, 0.2) is 5.78 Å². The van der Waals surface area contributed by atoms with Crippen LogP contribution in [-0.4, -0.2) is 22.9 Å². The van der Waals surface area contributed by atoms with Crippen molar-refractivity contribution in [3.8, 4) is 5.75 Å². The Morgan fingerprint density at radius 2 is 1.85 bits per heavy atom. The number of benzene rings is 2. The first kappa shape index (κ1) is 18.4. The number of Topliss-reactive ketones (excluding diaryl/α,β-unsaturated/α-hetero) is 1. The van der Waals surface area contributed by atoms with Gasteiger partial charge in [-0.3, -0.25) is 4.79 Å². The summed E-state index contributed by atoms with van der Waals surface area (Å²) in [5.74, 6) is 2.06. The molecule has 1 aromatic heterocycles. The molecule has 0 unspecified atom stereocenters. The molecule has 0 aliphatic rings. The number of nitrogens with zero attached hydrogens (tertiary/aromatic N) is 2. The van der Waals surface area contributed by atoms with Gasteiger partial charge < -0.3 is 15.4 Å². The lowest BCUT2D eigenvalue weighted by atomic mass is 10.1. The Bertz CT molecular complexity index is 939. The average molecular weight is 362 g/mol. The van der Waals surface area contributed by atoms with E-state index in [9.17, 15) is 4.79 Å². The molecule has 0 bridgehead atoms. The molecule has 0 amide bonds. The summed E-state index contributed by atoms with van der Waals surface area (Å²) in [4.78, 5) is 20.5. The molecule has 0 saturated carbocycles. The second-order valence-electron chi connectivity index (χ2n) is 6.18. The summed E-state index contributed by atoms with van der Waals surface area (Å²) >= 11 is 0. The van der Waals surface area contributed by atoms with Crippen LogP contribution in [0.3, 0.4) is 0 Å². The van der Waals surface area contributed by atoms with Gasteiger partial charge in [0.1, 0.15) is 11.6 Å². The smallest absolute Gasteiger partial charge is 0.225 e. The van der Waals surface area contributed by atoms with Crippen LogP contribution in [0.4, 0.5) is 17.5 Å². The van der Waals surface area contributed by atoms with E-state index in [0.29, 0.717) is 23.9 Å². The number of carbonyl (C=O) groups excluding carboxylic acids is 1. The van der Waals surface area contributed by atoms with Gasteiger partial charge in [-0.05, 0) is 43.7 Å². The second kappa shape index (κ2) is 8.31. The molecule has 0 atom stereocenters. The van der Waals surface area contributed by atoms with E-state index in [0.717, 1.165) is 22.7 Å². The van der Waals surface area contributed by atoms with Crippen molar-refractivity contribution in [3.05, 3.63) is 71.4 Å². The SMILES string of the molecule is COc1ccc(CNc2nc(C)cc(Nc3cccc(C(C)=O)c3)n2)cc1. The third kappa shape index (κ3) is 5.04. The van der Waals surface area contributed by atoms with Crippen LogP contribution < -0.4 is 15.4 Å². The fourth-order valence-corrected chi connectivity index (χ4v) is 2.60. The minimum absolute atomic E-state index is 0.0272. The topological polar surface area (TPSA) is 76.1 Å². The summed E-state index contributed by atoms with van der Waals surface area (Å²) in [6, 6.07) is 17.0. The van der Waals surface area contributed by atoms with Crippen LogP contribution in [0.1, 0.15) is 28.5 Å². The third-order valence-corrected chi connectivity index (χ3v) is 4.01. The first-order chi connectivity index (χ1) is 13.0. The molecule has 6 nitrogen and oxygen atoms in total. The van der Waals surface area contributed by atoms with Gasteiger partial charge in [0, 0.05) is 29.6 Å². The number of aryl methyl sites for hydroxylation is 1. The van der Waals surface area contributed by atoms with Crippen LogP contribution >= 0.6 is 0 Å². The number of aromatic nitrogens is 2. The van der Waals surface area contributed by atoms with Crippen molar-refractivity contribution in [2.75, 3.05) is 17.7 Å². The zero-order chi connectivity index (χ0) is 19.2. The summed E-state index contributed by atoms with van der Waals surface area (Å²) in [5, 5.41) is 6.47. The van der Waals surface area contributed by atoms with E-state index in [1.54, 1.807) is 20.1 Å². The number of nitrogens with one attached hydrogen (secondary N) is 2. The molecular formula is C21H22N4O2. The van der Waals surface area contributed by atoms with E-state index in [1.807, 2.05) is 55.5 Å². The number of methoxy groups -OCH3 is 1. The van der Waals surface area contributed by atoms with Gasteiger partial charge in [-0.25, -0.2) is 4.98 Å². The Kier molecular flexibility index (Phi) is 5.66. The molecule has 3 aromatic rings. The minimum Gasteiger partial charge on any atom is -0.497 e. The number of ether oxygens (including phenoxy) is 1. The predicted octanol–water partition coefficient (Wildman–Crippen LogP) is 4.35. The highest BCUT2D eigenvalue weighted by atomic mass is 16.5. The highest BCUT2D eigenvalue weighted by Gasteiger charge is 2.05. The fraction of sp³-hybridized carbons (Fsp3) is 0.190. The van der Waals surface area contributed by atoms with Crippen molar-refractivity contribution < 1.29 is 9.53 Å². The summed E-state index contributed by atoms with van der Waals surface area (Å²) in [5.41, 5.74) is 3.41. The summed E-state index contributed by atoms with van der Waals surface area (Å²) < 4.78 is 5.17. The quantitative estimate of drug-likeness (QED) is 0.609. The fourth-order valence-electron chi connectivity index (χ4n) is 2.60. The van der Waals surface area contributed by atoms with E-state index < -0.39 is 0 Å². The number of hydrogen-bond acceptors (Lipinski definition) is 6. The molecule has 0 aliphatic carbocycles. The van der Waals surface area contributed by atoms with Gasteiger partial charge in [0.25, 0.3) is 0 Å². The number of hydrogen-bond donors (Lipinski definition) is 2. The molecule has 0 fully saturated rings. The van der Waals surface area contributed by atoms with Crippen LogP contribution in [0.2, 0.25) is 0 Å². The maximum atomic E-state index is 11.5. The number of carbonyl (C=O) groups is 1. The van der Waals surface area contributed by atoms with Crippen molar-refractivity contribution in [2.24, 2.45) is 0 Å². The molecule has 27 heavy (non-hydrogen) atoms. The Balaban J connectivity index is 1.71. The standard InChI is InChI=1S/C21H22N4O2/c1-14-11-20(24-18-6-4-5-17(12-18)15(2)26)25-21(23-14)22-13-16-7-9-19(27-3)10-8-16/h4-12H,13H2,1-3H3,(H2,22,23,24,25).